The smallest absolute Gasteiger partial charge is 0.256 e. The summed E-state index contributed by atoms with van der Waals surface area (Å²) in [4.78, 5) is 14.9. The molecule has 0 atom stereocenters. The molecule has 1 aliphatic rings. The molecule has 37 heavy (non-hydrogen) atoms. The zero-order valence-corrected chi connectivity index (χ0v) is 21.8. The van der Waals surface area contributed by atoms with Crippen LogP contribution in [0.15, 0.2) is 59.4 Å². The standard InChI is InChI=1S/C27H30N6O3S/c1-35-25-13-19-7-9-32(16-21(19)14-26(25)36-2)10-11-33-17-22(30-31-33)15-28-23-5-3-4-6-24(23)29-27(34)20-8-12-37-18-20/h3-6,8,12-14,17-18,28H,7,9-11,15-16H2,1-2H3,(H,29,34). The number of aromatic nitrogens is 3. The fourth-order valence-corrected chi connectivity index (χ4v) is 5.06. The number of carbonyl (C=O) groups is 1. The number of ether oxygens (including phenoxy) is 2. The van der Waals surface area contributed by atoms with Gasteiger partial charge in [0.1, 0.15) is 5.69 Å². The Morgan fingerprint density at radius 1 is 1.05 bits per heavy atom. The molecule has 2 aromatic carbocycles. The summed E-state index contributed by atoms with van der Waals surface area (Å²) in [5.74, 6) is 1.43. The predicted molar refractivity (Wildman–Crippen MR) is 145 cm³/mol. The first kappa shape index (κ1) is 24.8. The lowest BCUT2D eigenvalue weighted by molar-refractivity contribution is 0.102. The van der Waals surface area contributed by atoms with Gasteiger partial charge in [-0.15, -0.1) is 5.10 Å². The lowest BCUT2D eigenvalue weighted by Crippen LogP contribution is -2.33. The summed E-state index contributed by atoms with van der Waals surface area (Å²) in [6.45, 7) is 3.99. The Kier molecular flexibility index (Phi) is 7.67. The number of hydrogen-bond acceptors (Lipinski definition) is 8. The Morgan fingerprint density at radius 2 is 1.84 bits per heavy atom. The first-order chi connectivity index (χ1) is 18.1. The van der Waals surface area contributed by atoms with E-state index in [2.05, 4.69) is 38.0 Å². The third kappa shape index (κ3) is 5.92. The number of fused-ring (bicyclic) bond motifs is 1. The van der Waals surface area contributed by atoms with Gasteiger partial charge in [0.15, 0.2) is 11.5 Å². The van der Waals surface area contributed by atoms with Crippen LogP contribution in [0.2, 0.25) is 0 Å². The van der Waals surface area contributed by atoms with Gasteiger partial charge >= 0.3 is 0 Å². The highest BCUT2D eigenvalue weighted by Gasteiger charge is 2.19. The van der Waals surface area contributed by atoms with Crippen molar-refractivity contribution in [2.45, 2.75) is 26.1 Å². The van der Waals surface area contributed by atoms with Gasteiger partial charge in [-0.1, -0.05) is 17.3 Å². The summed E-state index contributed by atoms with van der Waals surface area (Å²) >= 11 is 1.50. The molecule has 0 saturated carbocycles. The summed E-state index contributed by atoms with van der Waals surface area (Å²) in [5, 5.41) is 18.7. The highest BCUT2D eigenvalue weighted by atomic mass is 32.1. The van der Waals surface area contributed by atoms with Gasteiger partial charge in [-0.2, -0.15) is 11.3 Å². The molecule has 4 aromatic rings. The number of hydrogen-bond donors (Lipinski definition) is 2. The minimum absolute atomic E-state index is 0.126. The number of para-hydroxylation sites is 2. The summed E-state index contributed by atoms with van der Waals surface area (Å²) in [5.41, 5.74) is 5.64. The van der Waals surface area contributed by atoms with Gasteiger partial charge < -0.3 is 20.1 Å². The molecule has 0 bridgehead atoms. The SMILES string of the molecule is COc1cc2c(cc1OC)CN(CCn1cc(CNc3ccccc3NC(=O)c3ccsc3)nn1)CC2. The van der Waals surface area contributed by atoms with E-state index in [1.165, 1.54) is 22.5 Å². The zero-order valence-electron chi connectivity index (χ0n) is 20.9. The molecular weight excluding hydrogens is 488 g/mol. The second-order valence-electron chi connectivity index (χ2n) is 8.84. The maximum atomic E-state index is 12.5. The summed E-state index contributed by atoms with van der Waals surface area (Å²) in [6.07, 6.45) is 2.94. The van der Waals surface area contributed by atoms with Gasteiger partial charge in [0.2, 0.25) is 0 Å². The third-order valence-electron chi connectivity index (χ3n) is 6.45. The number of anilines is 2. The van der Waals surface area contributed by atoms with Crippen molar-refractivity contribution in [2.24, 2.45) is 0 Å². The summed E-state index contributed by atoms with van der Waals surface area (Å²) < 4.78 is 12.8. The molecule has 10 heteroatoms. The van der Waals surface area contributed by atoms with E-state index in [0.717, 1.165) is 61.2 Å². The largest absolute Gasteiger partial charge is 0.493 e. The van der Waals surface area contributed by atoms with Crippen LogP contribution in [0.1, 0.15) is 27.2 Å². The number of rotatable bonds is 10. The van der Waals surface area contributed by atoms with Crippen molar-refractivity contribution in [1.29, 1.82) is 0 Å². The van der Waals surface area contributed by atoms with Crippen LogP contribution in [-0.4, -0.2) is 53.1 Å². The van der Waals surface area contributed by atoms with Crippen LogP contribution in [0.25, 0.3) is 0 Å². The first-order valence-electron chi connectivity index (χ1n) is 12.1. The highest BCUT2D eigenvalue weighted by molar-refractivity contribution is 7.08. The van der Waals surface area contributed by atoms with E-state index >= 15 is 0 Å². The summed E-state index contributed by atoms with van der Waals surface area (Å²) in [7, 11) is 3.34. The molecule has 0 aliphatic carbocycles. The van der Waals surface area contributed by atoms with Crippen molar-refractivity contribution < 1.29 is 14.3 Å². The van der Waals surface area contributed by atoms with E-state index in [1.54, 1.807) is 14.2 Å². The van der Waals surface area contributed by atoms with Gasteiger partial charge in [0, 0.05) is 25.0 Å². The molecule has 192 valence electrons. The molecule has 2 aromatic heterocycles. The lowest BCUT2D eigenvalue weighted by Gasteiger charge is -2.29. The number of amides is 1. The number of nitrogens with zero attached hydrogens (tertiary/aromatic N) is 4. The topological polar surface area (TPSA) is 93.5 Å². The first-order valence-corrected chi connectivity index (χ1v) is 13.1. The van der Waals surface area contributed by atoms with Crippen molar-refractivity contribution in [1.82, 2.24) is 19.9 Å². The molecule has 9 nitrogen and oxygen atoms in total. The molecule has 1 aliphatic heterocycles. The van der Waals surface area contributed by atoms with Gasteiger partial charge in [-0.3, -0.25) is 14.4 Å². The molecule has 0 spiro atoms. The van der Waals surface area contributed by atoms with E-state index in [4.69, 9.17) is 9.47 Å². The lowest BCUT2D eigenvalue weighted by atomic mass is 9.99. The fourth-order valence-electron chi connectivity index (χ4n) is 4.43. The molecular formula is C27H30N6O3S. The van der Waals surface area contributed by atoms with Crippen LogP contribution in [0.3, 0.4) is 0 Å². The maximum absolute atomic E-state index is 12.5. The Hall–Kier alpha value is -3.89. The molecule has 5 rings (SSSR count). The van der Waals surface area contributed by atoms with Crippen LogP contribution in [0.4, 0.5) is 11.4 Å². The maximum Gasteiger partial charge on any atom is 0.256 e. The van der Waals surface area contributed by atoms with Gasteiger partial charge in [-0.05, 0) is 53.3 Å². The number of nitrogens with one attached hydrogen (secondary N) is 2. The van der Waals surface area contributed by atoms with Crippen LogP contribution >= 0.6 is 11.3 Å². The normalized spacial score (nSPS) is 13.1. The number of carbonyl (C=O) groups excluding carboxylic acids is 1. The van der Waals surface area contributed by atoms with Gasteiger partial charge in [0.25, 0.3) is 5.91 Å². The molecule has 0 fully saturated rings. The molecule has 2 N–H and O–H groups in total. The van der Waals surface area contributed by atoms with Crippen LogP contribution in [0, 0.1) is 0 Å². The van der Waals surface area contributed by atoms with E-state index in [-0.39, 0.29) is 5.91 Å². The monoisotopic (exact) mass is 518 g/mol. The van der Waals surface area contributed by atoms with Crippen molar-refractivity contribution in [3.8, 4) is 11.5 Å². The Labute approximate surface area is 220 Å². The molecule has 1 amide bonds. The van der Waals surface area contributed by atoms with E-state index in [1.807, 2.05) is 52.0 Å². The number of thiophene rings is 1. The molecule has 0 saturated heterocycles. The predicted octanol–water partition coefficient (Wildman–Crippen LogP) is 4.28. The Morgan fingerprint density at radius 3 is 2.59 bits per heavy atom. The molecule has 3 heterocycles. The fraction of sp³-hybridized carbons (Fsp3) is 0.296. The molecule has 0 unspecified atom stereocenters. The quantitative estimate of drug-likeness (QED) is 0.324. The van der Waals surface area contributed by atoms with E-state index in [9.17, 15) is 4.79 Å². The van der Waals surface area contributed by atoms with Crippen LogP contribution < -0.4 is 20.1 Å². The average molecular weight is 519 g/mol. The van der Waals surface area contributed by atoms with Gasteiger partial charge in [0.05, 0.1) is 50.4 Å². The number of methoxy groups -OCH3 is 2. The average Bonchev–Trinajstić information content (AvgIpc) is 3.63. The van der Waals surface area contributed by atoms with Crippen molar-refractivity contribution >= 4 is 28.6 Å². The van der Waals surface area contributed by atoms with Crippen LogP contribution in [-0.2, 0) is 26.1 Å². The van der Waals surface area contributed by atoms with Gasteiger partial charge in [-0.25, -0.2) is 0 Å². The summed E-state index contributed by atoms with van der Waals surface area (Å²) in [6, 6.07) is 13.6. The van der Waals surface area contributed by atoms with E-state index in [0.29, 0.717) is 12.1 Å². The van der Waals surface area contributed by atoms with E-state index < -0.39 is 0 Å². The minimum Gasteiger partial charge on any atom is -0.493 e. The second-order valence-corrected chi connectivity index (χ2v) is 9.62. The Balaban J connectivity index is 1.14. The van der Waals surface area contributed by atoms with Crippen molar-refractivity contribution in [3.63, 3.8) is 0 Å². The second kappa shape index (κ2) is 11.4. The zero-order chi connectivity index (χ0) is 25.6. The van der Waals surface area contributed by atoms with Crippen molar-refractivity contribution in [2.75, 3.05) is 37.9 Å². The van der Waals surface area contributed by atoms with Crippen molar-refractivity contribution in [3.05, 3.63) is 81.8 Å². The highest BCUT2D eigenvalue weighted by Crippen LogP contribution is 2.33. The van der Waals surface area contributed by atoms with Crippen LogP contribution in [0.5, 0.6) is 11.5 Å². The number of benzene rings is 2. The minimum atomic E-state index is -0.126. The molecule has 0 radical (unpaired) electrons. The Bertz CT molecular complexity index is 1350. The third-order valence-corrected chi connectivity index (χ3v) is 7.13.